The number of hydrogen-bond acceptors (Lipinski definition) is 15. The summed E-state index contributed by atoms with van der Waals surface area (Å²) in [5, 5.41) is 44.1. The Kier molecular flexibility index (Phi) is 11.7. The monoisotopic (exact) mass is 608 g/mol. The molecule has 224 valence electrons. The number of barbiturate groups is 1. The zero-order chi connectivity index (χ0) is 31.4. The number of pyridine rings is 2. The molecule has 2 aromatic heterocycles. The molecule has 4 rings (SSSR count). The van der Waals surface area contributed by atoms with Gasteiger partial charge in [0.05, 0.1) is 28.4 Å². The number of rotatable bonds is 6. The highest BCUT2D eigenvalue weighted by Gasteiger charge is 2.36. The van der Waals surface area contributed by atoms with E-state index in [4.69, 9.17) is 10.1 Å². The summed E-state index contributed by atoms with van der Waals surface area (Å²) in [5.41, 5.74) is 0.631. The minimum Gasteiger partial charge on any atom is -0.710 e. The van der Waals surface area contributed by atoms with Crippen molar-refractivity contribution in [2.24, 2.45) is 25.6 Å². The molecule has 0 aliphatic carbocycles. The summed E-state index contributed by atoms with van der Waals surface area (Å²) in [6.45, 7) is 1.75. The molecule has 2 aliphatic rings. The van der Waals surface area contributed by atoms with E-state index in [1.807, 2.05) is 22.8 Å². The van der Waals surface area contributed by atoms with E-state index in [1.54, 1.807) is 32.3 Å². The zero-order valence-corrected chi connectivity index (χ0v) is 23.2. The third-order valence-corrected chi connectivity index (χ3v) is 4.95. The predicted molar refractivity (Wildman–Crippen MR) is 135 cm³/mol. The number of urea groups is 1. The summed E-state index contributed by atoms with van der Waals surface area (Å²) in [6.07, 6.45) is 3.58. The van der Waals surface area contributed by atoms with E-state index in [0.717, 1.165) is 0 Å². The van der Waals surface area contributed by atoms with E-state index in [-0.39, 0.29) is 11.7 Å². The molecular formula is C21H24N10O10S. The van der Waals surface area contributed by atoms with Crippen LogP contribution in [0.1, 0.15) is 6.92 Å². The third kappa shape index (κ3) is 9.72. The van der Waals surface area contributed by atoms with Crippen molar-refractivity contribution in [3.63, 3.8) is 0 Å². The molecule has 4 heterocycles. The second-order valence-electron chi connectivity index (χ2n) is 7.87. The van der Waals surface area contributed by atoms with Crippen LogP contribution >= 0.6 is 0 Å². The topological polar surface area (TPSA) is 264 Å². The van der Waals surface area contributed by atoms with Gasteiger partial charge in [-0.25, -0.2) is 23.0 Å². The van der Waals surface area contributed by atoms with E-state index in [0.29, 0.717) is 22.5 Å². The number of likely N-dealkylation sites (N-methyl/N-ethyl adjacent to an activating group) is 1. The number of amides is 5. The predicted octanol–water partition coefficient (Wildman–Crippen LogP) is -2.29. The number of hydrogen-bond donors (Lipinski definition) is 2. The van der Waals surface area contributed by atoms with Crippen molar-refractivity contribution >= 4 is 51.2 Å². The van der Waals surface area contributed by atoms with E-state index in [1.165, 1.54) is 35.2 Å². The van der Waals surface area contributed by atoms with Gasteiger partial charge in [0, 0.05) is 19.2 Å². The molecule has 0 radical (unpaired) electrons. The van der Waals surface area contributed by atoms with Crippen LogP contribution in [0.3, 0.4) is 0 Å². The molecule has 0 bridgehead atoms. The van der Waals surface area contributed by atoms with Crippen LogP contribution in [0.2, 0.25) is 0 Å². The van der Waals surface area contributed by atoms with Crippen molar-refractivity contribution in [2.45, 2.75) is 19.0 Å². The highest BCUT2D eigenvalue weighted by Crippen LogP contribution is 2.13. The van der Waals surface area contributed by atoms with Crippen molar-refractivity contribution in [1.82, 2.24) is 15.6 Å². The van der Waals surface area contributed by atoms with E-state index < -0.39 is 40.0 Å². The summed E-state index contributed by atoms with van der Waals surface area (Å²) in [5.74, 6) is -1.52. The van der Waals surface area contributed by atoms with Crippen LogP contribution in [-0.2, 0) is 28.8 Å². The quantitative estimate of drug-likeness (QED) is 0.0885. The Morgan fingerprint density at radius 3 is 1.98 bits per heavy atom. The molecule has 1 fully saturated rings. The number of azo groups is 2. The van der Waals surface area contributed by atoms with Gasteiger partial charge in [-0.3, -0.25) is 25.0 Å². The van der Waals surface area contributed by atoms with Crippen molar-refractivity contribution in [1.29, 1.82) is 0 Å². The Labute approximate surface area is 237 Å². The fraction of sp³-hybridized carbons (Fsp3) is 0.286. The molecule has 1 saturated heterocycles. The van der Waals surface area contributed by atoms with Crippen molar-refractivity contribution in [3.05, 3.63) is 54.0 Å². The second kappa shape index (κ2) is 14.9. The van der Waals surface area contributed by atoms with E-state index in [2.05, 4.69) is 29.9 Å². The number of aromatic nitrogens is 2. The van der Waals surface area contributed by atoms with Gasteiger partial charge in [-0.1, -0.05) is 16.3 Å². The molecule has 1 atom stereocenters. The first-order chi connectivity index (χ1) is 19.8. The van der Waals surface area contributed by atoms with Crippen LogP contribution in [0, 0.1) is 5.21 Å². The second-order valence-corrected chi connectivity index (χ2v) is 9.42. The lowest BCUT2D eigenvalue weighted by Crippen LogP contribution is -2.57. The third-order valence-electron chi connectivity index (χ3n) is 4.71. The Balaban J connectivity index is 0.000000247. The molecule has 2 aromatic rings. The molecule has 42 heavy (non-hydrogen) atoms. The maximum Gasteiger partial charge on any atom is 0.388 e. The van der Waals surface area contributed by atoms with E-state index in [9.17, 15) is 32.8 Å². The largest absolute Gasteiger partial charge is 0.710 e. The molecule has 2 N–H and O–H groups in total. The van der Waals surface area contributed by atoms with Gasteiger partial charge >= 0.3 is 17.7 Å². The Morgan fingerprint density at radius 2 is 1.48 bits per heavy atom. The molecule has 1 unspecified atom stereocenters. The smallest absolute Gasteiger partial charge is 0.388 e. The molecule has 5 amide bonds. The first-order valence-electron chi connectivity index (χ1n) is 11.3. The lowest BCUT2D eigenvalue weighted by Gasteiger charge is -2.14. The average Bonchev–Trinajstić information content (AvgIpc) is 3.18. The fourth-order valence-electron chi connectivity index (χ4n) is 2.83. The minimum atomic E-state index is -3.72. The molecule has 20 nitrogen and oxygen atoms in total. The van der Waals surface area contributed by atoms with Gasteiger partial charge in [0.15, 0.2) is 0 Å². The van der Waals surface area contributed by atoms with Gasteiger partial charge in [0.25, 0.3) is 33.9 Å². The Hall–Kier alpha value is -5.28. The average molecular weight is 609 g/mol. The highest BCUT2D eigenvalue weighted by atomic mass is 32.2. The lowest BCUT2D eigenvalue weighted by atomic mass is 10.2. The number of carbonyl (C=O) groups is 4. The molecule has 0 aromatic carbocycles. The first-order valence-corrected chi connectivity index (χ1v) is 13.1. The summed E-state index contributed by atoms with van der Waals surface area (Å²) >= 11 is 0. The van der Waals surface area contributed by atoms with Crippen LogP contribution < -0.4 is 30.2 Å². The van der Waals surface area contributed by atoms with Gasteiger partial charge in [-0.2, -0.15) is 5.10 Å². The molecule has 0 spiro atoms. The van der Waals surface area contributed by atoms with Crippen LogP contribution in [0.4, 0.5) is 16.4 Å². The Morgan fingerprint density at radius 1 is 0.952 bits per heavy atom. The number of imide groups is 2. The zero-order valence-electron chi connectivity index (χ0n) is 22.3. The summed E-state index contributed by atoms with van der Waals surface area (Å²) < 4.78 is 23.5. The minimum absolute atomic E-state index is 0.0741. The standard InChI is InChI=1S/C11H14N5O2.C9H7N5O4.CH4O4S/c1-8-10(11(17)15(2)14-8)13-12-9-6-4-5-7-16(9)18-3;15-7-6(8(16)11-9(17)10-7)13-12-5-3-1-2-4-14(5)18;1-6(3,4)5-2/h4-7,10H,1-3H3;1-4,6H,(H2,10,11,15,16,17);2H,1H3/q+1;;/p-1. The van der Waals surface area contributed by atoms with Crippen LogP contribution in [0.15, 0.2) is 74.4 Å². The number of hydrazone groups is 1. The van der Waals surface area contributed by atoms with Crippen molar-refractivity contribution in [3.8, 4) is 0 Å². The van der Waals surface area contributed by atoms with Crippen LogP contribution in [-0.4, -0.2) is 75.4 Å². The number of nitrogens with zero attached hydrogens (tertiary/aromatic N) is 8. The molecular weight excluding hydrogens is 584 g/mol. The van der Waals surface area contributed by atoms with Gasteiger partial charge in [-0.15, -0.1) is 0 Å². The maximum atomic E-state index is 11.7. The molecule has 0 saturated carbocycles. The van der Waals surface area contributed by atoms with Crippen molar-refractivity contribution in [2.75, 3.05) is 20.4 Å². The fourth-order valence-corrected chi connectivity index (χ4v) is 2.83. The van der Waals surface area contributed by atoms with Gasteiger partial charge in [-0.05, 0) is 29.9 Å². The Bertz CT molecular complexity index is 1510. The van der Waals surface area contributed by atoms with Crippen LogP contribution in [0.5, 0.6) is 0 Å². The summed E-state index contributed by atoms with van der Waals surface area (Å²) in [7, 11) is -0.593. The maximum absolute atomic E-state index is 11.7. The van der Waals surface area contributed by atoms with Gasteiger partial charge < -0.3 is 19.6 Å². The molecule has 2 aliphatic heterocycles. The first kappa shape index (κ1) is 32.9. The highest BCUT2D eigenvalue weighted by molar-refractivity contribution is 7.85. The molecule has 21 heteroatoms. The SMILES string of the molecule is CO[n+]1ccccc1N=NC1C(=O)N(C)N=C1C.CS(=O)(=O)O[O-].O=C1NC(=O)C(N=Nc2cccc[n+]2[O-])C(=O)N1. The number of carbonyl (C=O) groups excluding carboxylic acids is 4. The van der Waals surface area contributed by atoms with Crippen LogP contribution in [0.25, 0.3) is 0 Å². The van der Waals surface area contributed by atoms with Crippen molar-refractivity contribution < 1.29 is 51.5 Å². The summed E-state index contributed by atoms with van der Waals surface area (Å²) in [4.78, 5) is 50.1. The number of nitrogens with one attached hydrogen (secondary N) is 2. The lowest BCUT2D eigenvalue weighted by molar-refractivity contribution is -0.875. The van der Waals surface area contributed by atoms with E-state index >= 15 is 0 Å². The van der Waals surface area contributed by atoms with Gasteiger partial charge in [0.1, 0.15) is 13.3 Å². The normalized spacial score (nSPS) is 17.2. The van der Waals surface area contributed by atoms with Gasteiger partial charge in [0.2, 0.25) is 6.04 Å². The summed E-state index contributed by atoms with van der Waals surface area (Å²) in [6, 6.07) is 6.73.